The van der Waals surface area contributed by atoms with Crippen LogP contribution in [0, 0.1) is 0 Å². The first-order valence-corrected chi connectivity index (χ1v) is 16.1. The van der Waals surface area contributed by atoms with Crippen molar-refractivity contribution >= 4 is 5.97 Å². The Kier molecular flexibility index (Phi) is 30.1. The monoisotopic (exact) mass is 512 g/mol. The summed E-state index contributed by atoms with van der Waals surface area (Å²) in [6, 6.07) is 0. The Morgan fingerprint density at radius 2 is 0.917 bits per heavy atom. The van der Waals surface area contributed by atoms with Gasteiger partial charge in [0.25, 0.3) is 0 Å². The van der Waals surface area contributed by atoms with Gasteiger partial charge in [-0.3, -0.25) is 4.79 Å². The summed E-state index contributed by atoms with van der Waals surface area (Å²) >= 11 is 0. The number of rotatable bonds is 30. The van der Waals surface area contributed by atoms with Crippen LogP contribution in [0.25, 0.3) is 0 Å². The molecule has 4 nitrogen and oxygen atoms in total. The largest absolute Gasteiger partial charge is 0.457 e. The highest BCUT2D eigenvalue weighted by Crippen LogP contribution is 2.14. The molecule has 36 heavy (non-hydrogen) atoms. The van der Waals surface area contributed by atoms with Crippen molar-refractivity contribution in [1.82, 2.24) is 0 Å². The van der Waals surface area contributed by atoms with E-state index in [0.29, 0.717) is 19.6 Å². The number of ether oxygens (including phenoxy) is 2. The van der Waals surface area contributed by atoms with E-state index >= 15 is 0 Å². The second kappa shape index (κ2) is 30.6. The van der Waals surface area contributed by atoms with Crippen LogP contribution >= 0.6 is 0 Å². The summed E-state index contributed by atoms with van der Waals surface area (Å²) < 4.78 is 11.1. The van der Waals surface area contributed by atoms with Gasteiger partial charge in [-0.25, -0.2) is 0 Å². The number of esters is 1. The van der Waals surface area contributed by atoms with Gasteiger partial charge in [-0.05, 0) is 12.8 Å². The molecule has 0 aromatic carbocycles. The average molecular weight is 513 g/mol. The van der Waals surface area contributed by atoms with Crippen molar-refractivity contribution in [3.8, 4) is 0 Å². The van der Waals surface area contributed by atoms with E-state index in [4.69, 9.17) is 9.47 Å². The molecule has 0 amide bonds. The van der Waals surface area contributed by atoms with Gasteiger partial charge in [-0.1, -0.05) is 155 Å². The third-order valence-corrected chi connectivity index (χ3v) is 7.18. The minimum atomic E-state index is -0.521. The molecule has 0 rings (SSSR count). The first-order chi connectivity index (χ1) is 17.7. The Balaban J connectivity index is 3.41. The van der Waals surface area contributed by atoms with E-state index in [1.807, 2.05) is 0 Å². The maximum absolute atomic E-state index is 12.1. The number of carbonyl (C=O) groups is 1. The summed E-state index contributed by atoms with van der Waals surface area (Å²) in [4.78, 5) is 12.1. The van der Waals surface area contributed by atoms with Gasteiger partial charge in [0.2, 0.25) is 0 Å². The summed E-state index contributed by atoms with van der Waals surface area (Å²) in [5, 5.41) is 9.49. The van der Waals surface area contributed by atoms with Crippen LogP contribution in [0.4, 0.5) is 0 Å². The normalized spacial score (nSPS) is 12.2. The zero-order valence-corrected chi connectivity index (χ0v) is 24.5. The molecule has 0 aromatic rings. The van der Waals surface area contributed by atoms with Crippen LogP contribution < -0.4 is 0 Å². The lowest BCUT2D eigenvalue weighted by atomic mass is 10.0. The molecule has 1 atom stereocenters. The molecule has 0 aromatic heterocycles. The van der Waals surface area contributed by atoms with E-state index in [0.717, 1.165) is 19.3 Å². The minimum Gasteiger partial charge on any atom is -0.457 e. The smallest absolute Gasteiger partial charge is 0.306 e. The molecule has 0 fully saturated rings. The fourth-order valence-electron chi connectivity index (χ4n) is 4.74. The number of carbonyl (C=O) groups excluding carboxylic acids is 1. The van der Waals surface area contributed by atoms with Crippen LogP contribution in [0.1, 0.15) is 174 Å². The molecule has 0 aliphatic heterocycles. The molecule has 0 saturated carbocycles. The molecular formula is C32H64O4. The van der Waals surface area contributed by atoms with E-state index in [1.165, 1.54) is 135 Å². The molecule has 0 aliphatic carbocycles. The quantitative estimate of drug-likeness (QED) is 0.0768. The molecule has 0 heterocycles. The van der Waals surface area contributed by atoms with Crippen LogP contribution in [0.15, 0.2) is 0 Å². The first kappa shape index (κ1) is 35.4. The van der Waals surface area contributed by atoms with E-state index in [1.54, 1.807) is 0 Å². The standard InChI is InChI=1S/C32H64O4/c1-3-5-7-9-11-13-15-17-19-21-23-25-27-32(34)36-31(29-33)30-35-28-26-24-22-20-18-16-14-12-10-8-6-4-2/h31,33H,3-30H2,1-2H3. The maximum atomic E-state index is 12.1. The molecule has 4 heteroatoms. The Morgan fingerprint density at radius 1 is 0.556 bits per heavy atom. The van der Waals surface area contributed by atoms with Crippen molar-refractivity contribution in [3.63, 3.8) is 0 Å². The predicted octanol–water partition coefficient (Wildman–Crippen LogP) is 9.70. The zero-order valence-electron chi connectivity index (χ0n) is 24.5. The van der Waals surface area contributed by atoms with E-state index in [9.17, 15) is 9.90 Å². The van der Waals surface area contributed by atoms with Crippen LogP contribution in [0.3, 0.4) is 0 Å². The van der Waals surface area contributed by atoms with Gasteiger partial charge < -0.3 is 14.6 Å². The molecule has 0 saturated heterocycles. The van der Waals surface area contributed by atoms with Crippen LogP contribution in [0.5, 0.6) is 0 Å². The lowest BCUT2D eigenvalue weighted by Gasteiger charge is -2.16. The summed E-state index contributed by atoms with van der Waals surface area (Å²) in [7, 11) is 0. The van der Waals surface area contributed by atoms with Crippen molar-refractivity contribution in [3.05, 3.63) is 0 Å². The predicted molar refractivity (Wildman–Crippen MR) is 155 cm³/mol. The molecule has 0 spiro atoms. The van der Waals surface area contributed by atoms with Crippen molar-refractivity contribution in [2.75, 3.05) is 19.8 Å². The fourth-order valence-corrected chi connectivity index (χ4v) is 4.74. The first-order valence-electron chi connectivity index (χ1n) is 16.1. The third-order valence-electron chi connectivity index (χ3n) is 7.18. The van der Waals surface area contributed by atoms with Gasteiger partial charge >= 0.3 is 5.97 Å². The van der Waals surface area contributed by atoms with E-state index < -0.39 is 6.10 Å². The number of unbranched alkanes of at least 4 members (excludes halogenated alkanes) is 22. The van der Waals surface area contributed by atoms with Gasteiger partial charge in [0, 0.05) is 13.0 Å². The van der Waals surface area contributed by atoms with Crippen LogP contribution in [-0.2, 0) is 14.3 Å². The summed E-state index contributed by atoms with van der Waals surface area (Å²) in [6.07, 6.45) is 31.2. The minimum absolute atomic E-state index is 0.164. The van der Waals surface area contributed by atoms with Crippen molar-refractivity contribution in [2.24, 2.45) is 0 Å². The molecular weight excluding hydrogens is 448 g/mol. The Morgan fingerprint density at radius 3 is 1.31 bits per heavy atom. The third kappa shape index (κ3) is 28.0. The number of hydrogen-bond donors (Lipinski definition) is 1. The highest BCUT2D eigenvalue weighted by atomic mass is 16.6. The molecule has 1 unspecified atom stereocenters. The second-order valence-electron chi connectivity index (χ2n) is 10.9. The fraction of sp³-hybridized carbons (Fsp3) is 0.969. The number of aliphatic hydroxyl groups excluding tert-OH is 1. The summed E-state index contributed by atoms with van der Waals surface area (Å²) in [5.41, 5.74) is 0. The van der Waals surface area contributed by atoms with Gasteiger partial charge in [0.1, 0.15) is 6.10 Å². The van der Waals surface area contributed by atoms with Crippen LogP contribution in [0.2, 0.25) is 0 Å². The Bertz CT molecular complexity index is 426. The number of hydrogen-bond acceptors (Lipinski definition) is 4. The van der Waals surface area contributed by atoms with Crippen LogP contribution in [-0.4, -0.2) is 37.0 Å². The van der Waals surface area contributed by atoms with Crippen molar-refractivity contribution in [1.29, 1.82) is 0 Å². The van der Waals surface area contributed by atoms with Crippen molar-refractivity contribution < 1.29 is 19.4 Å². The molecule has 1 N–H and O–H groups in total. The van der Waals surface area contributed by atoms with Gasteiger partial charge in [0.05, 0.1) is 13.2 Å². The lowest BCUT2D eigenvalue weighted by Crippen LogP contribution is -2.27. The lowest BCUT2D eigenvalue weighted by molar-refractivity contribution is -0.154. The second-order valence-corrected chi connectivity index (χ2v) is 10.9. The number of aliphatic hydroxyl groups is 1. The van der Waals surface area contributed by atoms with E-state index in [2.05, 4.69) is 13.8 Å². The summed E-state index contributed by atoms with van der Waals surface area (Å²) in [5.74, 6) is -0.199. The Labute approximate surface area is 225 Å². The van der Waals surface area contributed by atoms with Gasteiger partial charge in [0.15, 0.2) is 0 Å². The SMILES string of the molecule is CCCCCCCCCCCCCCOCC(CO)OC(=O)CCCCCCCCCCCCCC. The highest BCUT2D eigenvalue weighted by Gasteiger charge is 2.13. The maximum Gasteiger partial charge on any atom is 0.306 e. The highest BCUT2D eigenvalue weighted by molar-refractivity contribution is 5.69. The van der Waals surface area contributed by atoms with Gasteiger partial charge in [-0.2, -0.15) is 0 Å². The average Bonchev–Trinajstić information content (AvgIpc) is 2.88. The molecule has 0 aliphatic rings. The molecule has 0 bridgehead atoms. The zero-order chi connectivity index (χ0) is 26.4. The Hall–Kier alpha value is -0.610. The van der Waals surface area contributed by atoms with Crippen molar-refractivity contribution in [2.45, 2.75) is 180 Å². The summed E-state index contributed by atoms with van der Waals surface area (Å²) in [6.45, 7) is 5.36. The molecule has 216 valence electrons. The molecule has 0 radical (unpaired) electrons. The van der Waals surface area contributed by atoms with Gasteiger partial charge in [-0.15, -0.1) is 0 Å². The topological polar surface area (TPSA) is 55.8 Å². The van der Waals surface area contributed by atoms with E-state index in [-0.39, 0.29) is 12.6 Å².